The van der Waals surface area contributed by atoms with E-state index in [4.69, 9.17) is 11.1 Å². The number of fused-ring (bicyclic) bond motifs is 1. The number of H-pyrrole nitrogens is 1. The van der Waals surface area contributed by atoms with Crippen molar-refractivity contribution in [1.82, 2.24) is 9.97 Å². The SMILES string of the molecule is C/C(N)=C(\C)C(=N)C(=O)Nc1cnc2[nH]c(C)cc2c1. The van der Waals surface area contributed by atoms with E-state index in [9.17, 15) is 4.79 Å². The first-order valence-corrected chi connectivity index (χ1v) is 6.17. The summed E-state index contributed by atoms with van der Waals surface area (Å²) < 4.78 is 0. The molecule has 5 N–H and O–H groups in total. The van der Waals surface area contributed by atoms with Crippen LogP contribution >= 0.6 is 0 Å². The molecule has 0 aliphatic carbocycles. The first-order valence-electron chi connectivity index (χ1n) is 6.17. The third kappa shape index (κ3) is 2.69. The average molecular weight is 271 g/mol. The number of hydrogen-bond acceptors (Lipinski definition) is 4. The summed E-state index contributed by atoms with van der Waals surface area (Å²) in [6, 6.07) is 3.75. The lowest BCUT2D eigenvalue weighted by molar-refractivity contribution is -0.110. The molecule has 2 aromatic heterocycles. The molecule has 0 fully saturated rings. The number of rotatable bonds is 3. The molecule has 0 aliphatic heterocycles. The van der Waals surface area contributed by atoms with Crippen molar-refractivity contribution in [1.29, 1.82) is 5.41 Å². The van der Waals surface area contributed by atoms with Gasteiger partial charge in [-0.15, -0.1) is 0 Å². The van der Waals surface area contributed by atoms with Crippen molar-refractivity contribution in [3.05, 3.63) is 35.3 Å². The Morgan fingerprint density at radius 1 is 1.40 bits per heavy atom. The monoisotopic (exact) mass is 271 g/mol. The Kier molecular flexibility index (Phi) is 3.56. The second-order valence-electron chi connectivity index (χ2n) is 4.75. The summed E-state index contributed by atoms with van der Waals surface area (Å²) in [7, 11) is 0. The number of hydrogen-bond donors (Lipinski definition) is 4. The van der Waals surface area contributed by atoms with Crippen LogP contribution in [0.5, 0.6) is 0 Å². The van der Waals surface area contributed by atoms with Gasteiger partial charge in [-0.3, -0.25) is 10.2 Å². The zero-order valence-corrected chi connectivity index (χ0v) is 11.7. The molecular formula is C14H17N5O. The number of pyridine rings is 1. The van der Waals surface area contributed by atoms with Crippen LogP contribution in [0.3, 0.4) is 0 Å². The van der Waals surface area contributed by atoms with Crippen molar-refractivity contribution in [2.24, 2.45) is 5.73 Å². The number of nitrogens with zero attached hydrogens (tertiary/aromatic N) is 1. The van der Waals surface area contributed by atoms with Gasteiger partial charge in [0.1, 0.15) is 11.4 Å². The van der Waals surface area contributed by atoms with E-state index in [1.54, 1.807) is 20.0 Å². The van der Waals surface area contributed by atoms with Gasteiger partial charge in [0.15, 0.2) is 0 Å². The van der Waals surface area contributed by atoms with Gasteiger partial charge in [0.25, 0.3) is 5.91 Å². The van der Waals surface area contributed by atoms with Gasteiger partial charge in [-0.2, -0.15) is 0 Å². The van der Waals surface area contributed by atoms with Crippen LogP contribution in [0.15, 0.2) is 29.6 Å². The van der Waals surface area contributed by atoms with Gasteiger partial charge < -0.3 is 16.0 Å². The highest BCUT2D eigenvalue weighted by molar-refractivity contribution is 6.47. The van der Waals surface area contributed by atoms with Crippen LogP contribution in [0.2, 0.25) is 0 Å². The number of allylic oxidation sites excluding steroid dienone is 1. The number of carbonyl (C=O) groups excluding carboxylic acids is 1. The van der Waals surface area contributed by atoms with Gasteiger partial charge in [0.05, 0.1) is 11.9 Å². The summed E-state index contributed by atoms with van der Waals surface area (Å²) in [5.74, 6) is -0.499. The van der Waals surface area contributed by atoms with Crippen LogP contribution in [0, 0.1) is 12.3 Å². The van der Waals surface area contributed by atoms with E-state index in [0.29, 0.717) is 17.0 Å². The summed E-state index contributed by atoms with van der Waals surface area (Å²) in [5, 5.41) is 11.3. The largest absolute Gasteiger partial charge is 0.402 e. The molecule has 0 saturated carbocycles. The van der Waals surface area contributed by atoms with E-state index < -0.39 is 5.91 Å². The minimum absolute atomic E-state index is 0.143. The zero-order chi connectivity index (χ0) is 14.9. The number of aromatic amines is 1. The smallest absolute Gasteiger partial charge is 0.273 e. The fraction of sp³-hybridized carbons (Fsp3) is 0.214. The Bertz CT molecular complexity index is 722. The molecule has 2 heterocycles. The number of aryl methyl sites for hydroxylation is 1. The quantitative estimate of drug-likeness (QED) is 0.642. The van der Waals surface area contributed by atoms with Crippen molar-refractivity contribution in [3.8, 4) is 0 Å². The second kappa shape index (κ2) is 5.16. The molecule has 20 heavy (non-hydrogen) atoms. The highest BCUT2D eigenvalue weighted by atomic mass is 16.1. The first-order chi connectivity index (χ1) is 9.38. The van der Waals surface area contributed by atoms with E-state index in [2.05, 4.69) is 15.3 Å². The minimum Gasteiger partial charge on any atom is -0.402 e. The average Bonchev–Trinajstić information content (AvgIpc) is 2.76. The molecule has 0 saturated heterocycles. The molecule has 104 valence electrons. The predicted octanol–water partition coefficient (Wildman–Crippen LogP) is 2.08. The van der Waals surface area contributed by atoms with Crippen molar-refractivity contribution in [3.63, 3.8) is 0 Å². The topological polar surface area (TPSA) is 108 Å². The van der Waals surface area contributed by atoms with Gasteiger partial charge in [-0.25, -0.2) is 4.98 Å². The van der Waals surface area contributed by atoms with Crippen molar-refractivity contribution in [2.75, 3.05) is 5.32 Å². The van der Waals surface area contributed by atoms with E-state index in [1.165, 1.54) is 0 Å². The third-order valence-corrected chi connectivity index (χ3v) is 3.06. The number of nitrogens with two attached hydrogens (primary N) is 1. The molecule has 6 nitrogen and oxygen atoms in total. The Morgan fingerprint density at radius 3 is 2.75 bits per heavy atom. The standard InChI is InChI=1S/C14H17N5O/c1-7-4-10-5-11(6-17-13(10)18-7)19-14(20)12(16)8(2)9(3)15/h4-6,16H,15H2,1-3H3,(H,17,18)(H,19,20)/b9-8-,16-12?. The van der Waals surface area contributed by atoms with Crippen LogP contribution in [0.4, 0.5) is 5.69 Å². The van der Waals surface area contributed by atoms with Crippen LogP contribution in [-0.2, 0) is 4.79 Å². The maximum absolute atomic E-state index is 11.9. The van der Waals surface area contributed by atoms with Gasteiger partial charge >= 0.3 is 0 Å². The Hall–Kier alpha value is -2.63. The Labute approximate surface area is 116 Å². The molecule has 0 aromatic carbocycles. The van der Waals surface area contributed by atoms with Gasteiger partial charge in [0, 0.05) is 16.8 Å². The number of carbonyl (C=O) groups is 1. The van der Waals surface area contributed by atoms with Gasteiger partial charge in [-0.1, -0.05) is 0 Å². The van der Waals surface area contributed by atoms with E-state index in [-0.39, 0.29) is 5.71 Å². The molecule has 1 amide bonds. The maximum Gasteiger partial charge on any atom is 0.273 e. The summed E-state index contributed by atoms with van der Waals surface area (Å²) in [4.78, 5) is 19.3. The lowest BCUT2D eigenvalue weighted by atomic mass is 10.1. The number of nitrogens with one attached hydrogen (secondary N) is 3. The minimum atomic E-state index is -0.499. The molecule has 2 aromatic rings. The lowest BCUT2D eigenvalue weighted by Crippen LogP contribution is -2.24. The van der Waals surface area contributed by atoms with Crippen molar-refractivity contribution >= 4 is 28.3 Å². The molecule has 0 bridgehead atoms. The molecule has 0 aliphatic rings. The summed E-state index contributed by atoms with van der Waals surface area (Å²) in [5.41, 5.74) is 8.69. The summed E-state index contributed by atoms with van der Waals surface area (Å²) >= 11 is 0. The molecule has 0 spiro atoms. The fourth-order valence-electron chi connectivity index (χ4n) is 1.78. The second-order valence-corrected chi connectivity index (χ2v) is 4.75. The van der Waals surface area contributed by atoms with Crippen LogP contribution in [0.1, 0.15) is 19.5 Å². The highest BCUT2D eigenvalue weighted by Crippen LogP contribution is 2.17. The highest BCUT2D eigenvalue weighted by Gasteiger charge is 2.13. The fourth-order valence-corrected chi connectivity index (χ4v) is 1.78. The van der Waals surface area contributed by atoms with Crippen LogP contribution < -0.4 is 11.1 Å². The third-order valence-electron chi connectivity index (χ3n) is 3.06. The normalized spacial score (nSPS) is 12.2. The molecular weight excluding hydrogens is 254 g/mol. The summed E-state index contributed by atoms with van der Waals surface area (Å²) in [6.45, 7) is 5.25. The lowest BCUT2D eigenvalue weighted by Gasteiger charge is -2.07. The van der Waals surface area contributed by atoms with Gasteiger partial charge in [0.2, 0.25) is 0 Å². The van der Waals surface area contributed by atoms with Crippen LogP contribution in [-0.4, -0.2) is 21.6 Å². The molecule has 0 atom stereocenters. The van der Waals surface area contributed by atoms with E-state index in [0.717, 1.165) is 16.7 Å². The van der Waals surface area contributed by atoms with E-state index >= 15 is 0 Å². The molecule has 0 radical (unpaired) electrons. The van der Waals surface area contributed by atoms with E-state index in [1.807, 2.05) is 19.1 Å². The maximum atomic E-state index is 11.9. The van der Waals surface area contributed by atoms with Crippen molar-refractivity contribution < 1.29 is 4.79 Å². The van der Waals surface area contributed by atoms with Gasteiger partial charge in [-0.05, 0) is 38.5 Å². The molecule has 2 rings (SSSR count). The predicted molar refractivity (Wildman–Crippen MR) is 79.7 cm³/mol. The Morgan fingerprint density at radius 2 is 2.10 bits per heavy atom. The number of aromatic nitrogens is 2. The number of anilines is 1. The molecule has 0 unspecified atom stereocenters. The number of amides is 1. The van der Waals surface area contributed by atoms with Crippen LogP contribution in [0.25, 0.3) is 11.0 Å². The molecule has 6 heteroatoms. The first kappa shape index (κ1) is 13.8. The summed E-state index contributed by atoms with van der Waals surface area (Å²) in [6.07, 6.45) is 1.55. The zero-order valence-electron chi connectivity index (χ0n) is 11.7. The Balaban J connectivity index is 2.21. The van der Waals surface area contributed by atoms with Crippen molar-refractivity contribution in [2.45, 2.75) is 20.8 Å².